The number of ether oxygens (including phenoxy) is 4. The first-order valence-electron chi connectivity index (χ1n) is 7.92. The Balaban J connectivity index is 2.12. The largest absolute Gasteiger partial charge is 0.497 e. The fourth-order valence-electron chi connectivity index (χ4n) is 2.38. The molecule has 25 heavy (non-hydrogen) atoms. The highest BCUT2D eigenvalue weighted by atomic mass is 16.5. The van der Waals surface area contributed by atoms with E-state index in [0.29, 0.717) is 41.7 Å². The molecule has 0 bridgehead atoms. The Morgan fingerprint density at radius 1 is 0.920 bits per heavy atom. The molecule has 2 aromatic carbocycles. The Bertz CT molecular complexity index is 730. The van der Waals surface area contributed by atoms with Crippen LogP contribution in [0.25, 0.3) is 0 Å². The van der Waals surface area contributed by atoms with Crippen LogP contribution in [0.3, 0.4) is 0 Å². The molecule has 6 heteroatoms. The number of hydrogen-bond donors (Lipinski definition) is 1. The molecule has 2 rings (SSSR count). The Morgan fingerprint density at radius 2 is 1.64 bits per heavy atom. The number of hydrogen-bond acceptors (Lipinski definition) is 5. The summed E-state index contributed by atoms with van der Waals surface area (Å²) in [6, 6.07) is 10.5. The highest BCUT2D eigenvalue weighted by Crippen LogP contribution is 2.28. The summed E-state index contributed by atoms with van der Waals surface area (Å²) in [6.07, 6.45) is 0. The maximum absolute atomic E-state index is 12.4. The van der Waals surface area contributed by atoms with Crippen molar-refractivity contribution < 1.29 is 23.7 Å². The topological polar surface area (TPSA) is 66.0 Å². The standard InChI is InChI=1S/C19H23NO5/c1-5-25-17-8-6-13(11-18(17)24-4)19(21)20-12-14-10-15(22-2)7-9-16(14)23-3/h6-11H,5,12H2,1-4H3,(H,20,21). The molecule has 0 aromatic heterocycles. The fraction of sp³-hybridized carbons (Fsp3) is 0.316. The van der Waals surface area contributed by atoms with Gasteiger partial charge in [-0.1, -0.05) is 0 Å². The molecule has 0 aliphatic carbocycles. The van der Waals surface area contributed by atoms with Crippen LogP contribution in [0.2, 0.25) is 0 Å². The highest BCUT2D eigenvalue weighted by Gasteiger charge is 2.12. The van der Waals surface area contributed by atoms with Gasteiger partial charge >= 0.3 is 0 Å². The van der Waals surface area contributed by atoms with Crippen LogP contribution < -0.4 is 24.3 Å². The number of carbonyl (C=O) groups excluding carboxylic acids is 1. The molecule has 134 valence electrons. The van der Waals surface area contributed by atoms with Gasteiger partial charge in [-0.05, 0) is 43.3 Å². The molecule has 0 spiro atoms. The van der Waals surface area contributed by atoms with Crippen molar-refractivity contribution in [3.8, 4) is 23.0 Å². The first kappa shape index (κ1) is 18.4. The van der Waals surface area contributed by atoms with E-state index >= 15 is 0 Å². The number of benzene rings is 2. The molecule has 6 nitrogen and oxygen atoms in total. The molecule has 0 radical (unpaired) electrons. The molecule has 0 fully saturated rings. The van der Waals surface area contributed by atoms with Crippen LogP contribution in [0.15, 0.2) is 36.4 Å². The smallest absolute Gasteiger partial charge is 0.251 e. The average Bonchev–Trinajstić information content (AvgIpc) is 2.66. The van der Waals surface area contributed by atoms with Gasteiger partial charge < -0.3 is 24.3 Å². The SMILES string of the molecule is CCOc1ccc(C(=O)NCc2cc(OC)ccc2OC)cc1OC. The molecule has 1 N–H and O–H groups in total. The molecule has 0 saturated carbocycles. The number of carbonyl (C=O) groups is 1. The van der Waals surface area contributed by atoms with Crippen molar-refractivity contribution in [3.05, 3.63) is 47.5 Å². The van der Waals surface area contributed by atoms with Crippen LogP contribution in [0.5, 0.6) is 23.0 Å². The first-order chi connectivity index (χ1) is 12.1. The van der Waals surface area contributed by atoms with Crippen LogP contribution >= 0.6 is 0 Å². The molecule has 0 aliphatic heterocycles. The van der Waals surface area contributed by atoms with Gasteiger partial charge in [0, 0.05) is 17.7 Å². The number of methoxy groups -OCH3 is 3. The van der Waals surface area contributed by atoms with Crippen molar-refractivity contribution in [3.63, 3.8) is 0 Å². The van der Waals surface area contributed by atoms with Crippen molar-refractivity contribution in [1.29, 1.82) is 0 Å². The molecule has 0 heterocycles. The molecule has 0 saturated heterocycles. The third-order valence-corrected chi connectivity index (χ3v) is 3.65. The van der Waals surface area contributed by atoms with Crippen LogP contribution in [0.4, 0.5) is 0 Å². The quantitative estimate of drug-likeness (QED) is 0.796. The van der Waals surface area contributed by atoms with Gasteiger partial charge in [-0.3, -0.25) is 4.79 Å². The zero-order valence-corrected chi connectivity index (χ0v) is 14.9. The molecule has 1 amide bonds. The van der Waals surface area contributed by atoms with Gasteiger partial charge in [-0.2, -0.15) is 0 Å². The minimum absolute atomic E-state index is 0.216. The highest BCUT2D eigenvalue weighted by molar-refractivity contribution is 5.94. The van der Waals surface area contributed by atoms with E-state index in [1.165, 1.54) is 0 Å². The zero-order valence-electron chi connectivity index (χ0n) is 14.9. The summed E-state index contributed by atoms with van der Waals surface area (Å²) in [5, 5.41) is 2.87. The van der Waals surface area contributed by atoms with Crippen molar-refractivity contribution in [2.75, 3.05) is 27.9 Å². The number of amides is 1. The van der Waals surface area contributed by atoms with E-state index in [2.05, 4.69) is 5.32 Å². The molecular formula is C19H23NO5. The second-order valence-electron chi connectivity index (χ2n) is 5.16. The monoisotopic (exact) mass is 345 g/mol. The zero-order chi connectivity index (χ0) is 18.2. The molecule has 0 atom stereocenters. The van der Waals surface area contributed by atoms with Gasteiger partial charge in [-0.25, -0.2) is 0 Å². The fourth-order valence-corrected chi connectivity index (χ4v) is 2.38. The Kier molecular flexibility index (Phi) is 6.51. The van der Waals surface area contributed by atoms with Crippen molar-refractivity contribution >= 4 is 5.91 Å². The van der Waals surface area contributed by atoms with E-state index in [4.69, 9.17) is 18.9 Å². The minimum Gasteiger partial charge on any atom is -0.497 e. The van der Waals surface area contributed by atoms with Gasteiger partial charge in [0.1, 0.15) is 11.5 Å². The van der Waals surface area contributed by atoms with E-state index in [9.17, 15) is 4.79 Å². The second kappa shape index (κ2) is 8.82. The van der Waals surface area contributed by atoms with E-state index in [-0.39, 0.29) is 5.91 Å². The van der Waals surface area contributed by atoms with Gasteiger partial charge in [0.15, 0.2) is 11.5 Å². The normalized spacial score (nSPS) is 10.1. The van der Waals surface area contributed by atoms with Crippen LogP contribution in [0, 0.1) is 0 Å². The van der Waals surface area contributed by atoms with Gasteiger partial charge in [-0.15, -0.1) is 0 Å². The summed E-state index contributed by atoms with van der Waals surface area (Å²) >= 11 is 0. The van der Waals surface area contributed by atoms with E-state index < -0.39 is 0 Å². The molecule has 0 aliphatic rings. The van der Waals surface area contributed by atoms with Crippen LogP contribution in [-0.4, -0.2) is 33.8 Å². The van der Waals surface area contributed by atoms with Crippen molar-refractivity contribution in [2.24, 2.45) is 0 Å². The van der Waals surface area contributed by atoms with Gasteiger partial charge in [0.2, 0.25) is 0 Å². The lowest BCUT2D eigenvalue weighted by Gasteiger charge is -2.13. The molecule has 2 aromatic rings. The summed E-state index contributed by atoms with van der Waals surface area (Å²) in [6.45, 7) is 2.73. The van der Waals surface area contributed by atoms with Crippen molar-refractivity contribution in [1.82, 2.24) is 5.32 Å². The molecule has 0 unspecified atom stereocenters. The lowest BCUT2D eigenvalue weighted by atomic mass is 10.1. The van der Waals surface area contributed by atoms with E-state index in [1.807, 2.05) is 19.1 Å². The van der Waals surface area contributed by atoms with Crippen LogP contribution in [0.1, 0.15) is 22.8 Å². The predicted molar refractivity (Wildman–Crippen MR) is 94.9 cm³/mol. The summed E-state index contributed by atoms with van der Waals surface area (Å²) in [5.41, 5.74) is 1.32. The third kappa shape index (κ3) is 4.56. The van der Waals surface area contributed by atoms with Crippen LogP contribution in [-0.2, 0) is 6.54 Å². The lowest BCUT2D eigenvalue weighted by Crippen LogP contribution is -2.23. The second-order valence-corrected chi connectivity index (χ2v) is 5.16. The summed E-state index contributed by atoms with van der Waals surface area (Å²) in [5.74, 6) is 2.30. The van der Waals surface area contributed by atoms with Crippen molar-refractivity contribution in [2.45, 2.75) is 13.5 Å². The first-order valence-corrected chi connectivity index (χ1v) is 7.92. The number of nitrogens with one attached hydrogen (secondary N) is 1. The van der Waals surface area contributed by atoms with E-state index in [1.54, 1.807) is 45.6 Å². The average molecular weight is 345 g/mol. The van der Waals surface area contributed by atoms with Gasteiger partial charge in [0.25, 0.3) is 5.91 Å². The minimum atomic E-state index is -0.216. The maximum atomic E-state index is 12.4. The summed E-state index contributed by atoms with van der Waals surface area (Å²) in [4.78, 5) is 12.4. The third-order valence-electron chi connectivity index (χ3n) is 3.65. The Morgan fingerprint density at radius 3 is 2.28 bits per heavy atom. The number of rotatable bonds is 8. The summed E-state index contributed by atoms with van der Waals surface area (Å²) < 4.78 is 21.3. The lowest BCUT2D eigenvalue weighted by molar-refractivity contribution is 0.0950. The summed E-state index contributed by atoms with van der Waals surface area (Å²) in [7, 11) is 4.72. The maximum Gasteiger partial charge on any atom is 0.251 e. The predicted octanol–water partition coefficient (Wildman–Crippen LogP) is 3.04. The molecular weight excluding hydrogens is 322 g/mol. The Hall–Kier alpha value is -2.89. The Labute approximate surface area is 147 Å². The van der Waals surface area contributed by atoms with E-state index in [0.717, 1.165) is 5.56 Å². The van der Waals surface area contributed by atoms with Gasteiger partial charge in [0.05, 0.1) is 27.9 Å².